The van der Waals surface area contributed by atoms with Crippen molar-refractivity contribution in [2.24, 2.45) is 0 Å². The van der Waals surface area contributed by atoms with Crippen LogP contribution in [-0.4, -0.2) is 29.3 Å². The van der Waals surface area contributed by atoms with Crippen LogP contribution in [0.4, 0.5) is 0 Å². The summed E-state index contributed by atoms with van der Waals surface area (Å²) < 4.78 is 11.1. The van der Waals surface area contributed by atoms with Crippen LogP contribution in [0.1, 0.15) is 29.8 Å². The molecular formula is C18H18N2O3S. The summed E-state index contributed by atoms with van der Waals surface area (Å²) in [5, 5.41) is -0.0999. The summed E-state index contributed by atoms with van der Waals surface area (Å²) in [7, 11) is 0. The van der Waals surface area contributed by atoms with Crippen molar-refractivity contribution < 1.29 is 19.1 Å². The fraction of sp³-hybridized carbons (Fsp3) is 0.222. The second-order valence-corrected chi connectivity index (χ2v) is 5.75. The first kappa shape index (κ1) is 17.8. The van der Waals surface area contributed by atoms with Crippen molar-refractivity contribution >= 4 is 23.1 Å². The highest BCUT2D eigenvalue weighted by molar-refractivity contribution is 8.14. The van der Waals surface area contributed by atoms with Gasteiger partial charge in [-0.15, -0.1) is 0 Å². The summed E-state index contributed by atoms with van der Waals surface area (Å²) in [6.45, 7) is 4.88. The Kier molecular flexibility index (Phi) is 6.61. The van der Waals surface area contributed by atoms with E-state index < -0.39 is 0 Å². The number of carbonyl (C=O) groups is 1. The molecular weight excluding hydrogens is 324 g/mol. The van der Waals surface area contributed by atoms with Crippen molar-refractivity contribution in [3.63, 3.8) is 0 Å². The number of carbonyl (C=O) groups excluding carboxylic acids is 1. The van der Waals surface area contributed by atoms with Crippen LogP contribution in [0.2, 0.25) is 0 Å². The number of rotatable bonds is 7. The second-order valence-electron chi connectivity index (χ2n) is 4.73. The highest BCUT2D eigenvalue weighted by atomic mass is 32.2. The van der Waals surface area contributed by atoms with Gasteiger partial charge in [0.1, 0.15) is 11.5 Å². The van der Waals surface area contributed by atoms with E-state index in [-0.39, 0.29) is 5.12 Å². The molecule has 2 aromatic carbocycles. The molecule has 2 rings (SSSR count). The first-order valence-electron chi connectivity index (χ1n) is 7.57. The Morgan fingerprint density at radius 1 is 1.12 bits per heavy atom. The molecule has 0 spiro atoms. The van der Waals surface area contributed by atoms with E-state index >= 15 is 0 Å². The van der Waals surface area contributed by atoms with Gasteiger partial charge in [0.2, 0.25) is 5.12 Å². The van der Waals surface area contributed by atoms with Crippen molar-refractivity contribution in [3.05, 3.63) is 59.1 Å². The first-order chi connectivity index (χ1) is 11.7. The van der Waals surface area contributed by atoms with Crippen molar-refractivity contribution in [1.82, 2.24) is 0 Å². The fourth-order valence-corrected chi connectivity index (χ4v) is 2.89. The first-order valence-corrected chi connectivity index (χ1v) is 8.38. The molecule has 0 bridgehead atoms. The Morgan fingerprint density at radius 2 is 1.83 bits per heavy atom. The number of thioether (sulfide) groups is 1. The smallest absolute Gasteiger partial charge is 0.287 e. The van der Waals surface area contributed by atoms with Gasteiger partial charge in [-0.1, -0.05) is 0 Å². The average molecular weight is 342 g/mol. The Hall–Kier alpha value is -2.56. The molecule has 0 radical (unpaired) electrons. The molecule has 0 aliphatic rings. The third-order valence-electron chi connectivity index (χ3n) is 3.08. The minimum atomic E-state index is -0.0999. The molecule has 5 nitrogen and oxygen atoms in total. The van der Waals surface area contributed by atoms with Crippen LogP contribution in [0.15, 0.2) is 47.4 Å². The lowest BCUT2D eigenvalue weighted by Crippen LogP contribution is -1.99. The molecule has 0 aliphatic heterocycles. The minimum Gasteiger partial charge on any atom is -0.494 e. The zero-order valence-electron chi connectivity index (χ0n) is 13.6. The molecule has 0 aromatic heterocycles. The molecule has 0 heterocycles. The SMILES string of the molecule is CCOc1ccc(OCC)c(SC(=O)c2ccc(C=[N+]=[N-])cc2)c1. The molecule has 2 aromatic rings. The number of benzene rings is 2. The molecule has 0 N–H and O–H groups in total. The number of nitrogens with zero attached hydrogens (tertiary/aromatic N) is 2. The van der Waals surface area contributed by atoms with Crippen molar-refractivity contribution in [3.8, 4) is 11.5 Å². The molecule has 0 saturated heterocycles. The predicted octanol–water partition coefficient (Wildman–Crippen LogP) is 4.07. The van der Waals surface area contributed by atoms with Crippen LogP contribution in [0.25, 0.3) is 5.53 Å². The summed E-state index contributed by atoms with van der Waals surface area (Å²) in [5.41, 5.74) is 9.79. The van der Waals surface area contributed by atoms with E-state index in [2.05, 4.69) is 4.79 Å². The number of hydrogen-bond acceptors (Lipinski definition) is 4. The summed E-state index contributed by atoms with van der Waals surface area (Å²) in [6.07, 6.45) is 1.31. The van der Waals surface area contributed by atoms with E-state index in [0.29, 0.717) is 40.7 Å². The lowest BCUT2D eigenvalue weighted by atomic mass is 10.2. The summed E-state index contributed by atoms with van der Waals surface area (Å²) in [5.74, 6) is 1.36. The lowest BCUT2D eigenvalue weighted by molar-refractivity contribution is 0.00456. The maximum atomic E-state index is 12.5. The Labute approximate surface area is 145 Å². The Bertz CT molecular complexity index is 753. The minimum absolute atomic E-state index is 0.0999. The van der Waals surface area contributed by atoms with Gasteiger partial charge >= 0.3 is 0 Å². The zero-order valence-corrected chi connectivity index (χ0v) is 14.4. The highest BCUT2D eigenvalue weighted by Gasteiger charge is 2.14. The zero-order chi connectivity index (χ0) is 17.4. The monoisotopic (exact) mass is 342 g/mol. The average Bonchev–Trinajstić information content (AvgIpc) is 2.58. The fourth-order valence-electron chi connectivity index (χ4n) is 2.03. The van der Waals surface area contributed by atoms with Gasteiger partial charge < -0.3 is 15.0 Å². The molecule has 124 valence electrons. The van der Waals surface area contributed by atoms with Gasteiger partial charge in [0.25, 0.3) is 6.21 Å². The maximum absolute atomic E-state index is 12.5. The Balaban J connectivity index is 2.22. The third-order valence-corrected chi connectivity index (χ3v) is 4.04. The molecule has 0 saturated carbocycles. The van der Waals surface area contributed by atoms with E-state index in [9.17, 15) is 4.79 Å². The van der Waals surface area contributed by atoms with Crippen LogP contribution >= 0.6 is 11.8 Å². The molecule has 24 heavy (non-hydrogen) atoms. The highest BCUT2D eigenvalue weighted by Crippen LogP contribution is 2.35. The van der Waals surface area contributed by atoms with E-state index in [1.807, 2.05) is 32.0 Å². The van der Waals surface area contributed by atoms with Crippen molar-refractivity contribution in [2.75, 3.05) is 13.2 Å². The largest absolute Gasteiger partial charge is 0.494 e. The van der Waals surface area contributed by atoms with Gasteiger partial charge in [-0.05, 0) is 68.1 Å². The summed E-state index contributed by atoms with van der Waals surface area (Å²) in [4.78, 5) is 16.2. The predicted molar refractivity (Wildman–Crippen MR) is 94.2 cm³/mol. The molecule has 0 atom stereocenters. The molecule has 0 amide bonds. The van der Waals surface area contributed by atoms with Crippen molar-refractivity contribution in [1.29, 1.82) is 0 Å². The molecule has 0 unspecified atom stereocenters. The van der Waals surface area contributed by atoms with Crippen LogP contribution in [0, 0.1) is 0 Å². The normalized spacial score (nSPS) is 9.92. The summed E-state index contributed by atoms with van der Waals surface area (Å²) in [6, 6.07) is 12.3. The van der Waals surface area contributed by atoms with Crippen LogP contribution in [0.3, 0.4) is 0 Å². The van der Waals surface area contributed by atoms with Gasteiger partial charge in [-0.25, -0.2) is 0 Å². The standard InChI is InChI=1S/C18H18N2O3S/c1-3-22-15-9-10-16(23-4-2)17(11-15)24-18(21)14-7-5-13(6-8-14)12-20-19/h5-12H,3-4H2,1-2H3. The van der Waals surface area contributed by atoms with Gasteiger partial charge in [-0.3, -0.25) is 4.79 Å². The third kappa shape index (κ3) is 4.72. The van der Waals surface area contributed by atoms with E-state index in [1.165, 1.54) is 6.21 Å². The quantitative estimate of drug-likeness (QED) is 0.329. The maximum Gasteiger partial charge on any atom is 0.287 e. The van der Waals surface area contributed by atoms with Crippen molar-refractivity contribution in [2.45, 2.75) is 18.7 Å². The topological polar surface area (TPSA) is 71.9 Å². The number of ether oxygens (including phenoxy) is 2. The molecule has 6 heteroatoms. The van der Waals surface area contributed by atoms with E-state index in [0.717, 1.165) is 11.8 Å². The molecule has 0 fully saturated rings. The van der Waals surface area contributed by atoms with E-state index in [4.69, 9.17) is 15.0 Å². The van der Waals surface area contributed by atoms with E-state index in [1.54, 1.807) is 24.3 Å². The van der Waals surface area contributed by atoms with Gasteiger partial charge in [0.15, 0.2) is 0 Å². The number of hydrogen-bond donors (Lipinski definition) is 0. The lowest BCUT2D eigenvalue weighted by Gasteiger charge is -2.11. The summed E-state index contributed by atoms with van der Waals surface area (Å²) >= 11 is 1.10. The van der Waals surface area contributed by atoms with Gasteiger partial charge in [-0.2, -0.15) is 4.79 Å². The van der Waals surface area contributed by atoms with Crippen LogP contribution in [0.5, 0.6) is 11.5 Å². The second kappa shape index (κ2) is 8.91. The Morgan fingerprint density at radius 3 is 2.46 bits per heavy atom. The van der Waals surface area contributed by atoms with Gasteiger partial charge in [0, 0.05) is 5.56 Å². The van der Waals surface area contributed by atoms with Crippen LogP contribution < -0.4 is 9.47 Å². The van der Waals surface area contributed by atoms with Gasteiger partial charge in [0.05, 0.1) is 23.7 Å². The molecule has 0 aliphatic carbocycles. The van der Waals surface area contributed by atoms with Crippen LogP contribution in [-0.2, 0) is 0 Å².